The van der Waals surface area contributed by atoms with E-state index in [1.54, 1.807) is 6.33 Å². The molecular weight excluding hydrogens is 442 g/mol. The van der Waals surface area contributed by atoms with Crippen LogP contribution in [-0.2, 0) is 16.8 Å². The molecule has 2 aliphatic carbocycles. The van der Waals surface area contributed by atoms with Gasteiger partial charge in [0.25, 0.3) is 0 Å². The first kappa shape index (κ1) is 23.9. The van der Waals surface area contributed by atoms with Crippen molar-refractivity contribution in [3.8, 4) is 0 Å². The van der Waals surface area contributed by atoms with Gasteiger partial charge < -0.3 is 9.88 Å². The third-order valence-electron chi connectivity index (χ3n) is 7.19. The Hall–Kier alpha value is -2.27. The molecule has 11 heteroatoms. The molecule has 1 amide bonds. The lowest BCUT2D eigenvalue weighted by atomic mass is 9.80. The maximum absolute atomic E-state index is 12.7. The minimum absolute atomic E-state index is 0.178. The maximum atomic E-state index is 12.7. The molecule has 0 spiro atoms. The van der Waals surface area contributed by atoms with Gasteiger partial charge in [0.05, 0.1) is 6.33 Å². The van der Waals surface area contributed by atoms with Crippen LogP contribution in [0.4, 0.5) is 5.82 Å². The van der Waals surface area contributed by atoms with Gasteiger partial charge in [0.15, 0.2) is 11.5 Å². The van der Waals surface area contributed by atoms with Gasteiger partial charge in [0.2, 0.25) is 5.82 Å². The zero-order valence-corrected chi connectivity index (χ0v) is 20.7. The molecule has 0 radical (unpaired) electrons. The number of amides is 1. The number of fused-ring (bicyclic) bond motifs is 1. The minimum Gasteiger partial charge on any atom is -0.365 e. The highest BCUT2D eigenvalue weighted by Crippen LogP contribution is 2.33. The van der Waals surface area contributed by atoms with Gasteiger partial charge in [-0.3, -0.25) is 4.79 Å². The lowest BCUT2D eigenvalue weighted by Gasteiger charge is -2.32. The molecule has 1 unspecified atom stereocenters. The van der Waals surface area contributed by atoms with Crippen LogP contribution >= 0.6 is 0 Å². The van der Waals surface area contributed by atoms with Gasteiger partial charge in [0.1, 0.15) is 5.52 Å². The summed E-state index contributed by atoms with van der Waals surface area (Å²) in [4.78, 5) is 25.9. The number of imidazole rings is 1. The highest BCUT2D eigenvalue weighted by atomic mass is 32.2. The van der Waals surface area contributed by atoms with Crippen LogP contribution in [0.1, 0.15) is 69.4 Å². The highest BCUT2D eigenvalue weighted by molar-refractivity contribution is 7.87. The topological polar surface area (TPSA) is 122 Å². The van der Waals surface area contributed by atoms with Gasteiger partial charge in [-0.1, -0.05) is 26.2 Å². The first-order valence-corrected chi connectivity index (χ1v) is 13.3. The number of aromatic nitrogens is 4. The summed E-state index contributed by atoms with van der Waals surface area (Å²) in [7, 11) is -1.26. The minimum atomic E-state index is -3.95. The van der Waals surface area contributed by atoms with E-state index in [-0.39, 0.29) is 11.9 Å². The number of carbonyl (C=O) groups is 1. The van der Waals surface area contributed by atoms with Crippen molar-refractivity contribution in [1.29, 1.82) is 0 Å². The average Bonchev–Trinajstić information content (AvgIpc) is 3.11. The van der Waals surface area contributed by atoms with Gasteiger partial charge in [-0.2, -0.15) is 12.7 Å². The second kappa shape index (κ2) is 9.54. The van der Waals surface area contributed by atoms with Crippen molar-refractivity contribution in [2.75, 3.05) is 19.4 Å². The monoisotopic (exact) mass is 477 g/mol. The number of rotatable bonds is 8. The lowest BCUT2D eigenvalue weighted by molar-refractivity contribution is 0.0970. The molecule has 182 valence electrons. The smallest absolute Gasteiger partial charge is 0.303 e. The molecule has 2 aliphatic rings. The summed E-state index contributed by atoms with van der Waals surface area (Å²) in [5.41, 5.74) is 1.16. The summed E-state index contributed by atoms with van der Waals surface area (Å²) < 4.78 is 29.3. The molecule has 2 fully saturated rings. The molecule has 0 aromatic carbocycles. The third kappa shape index (κ3) is 5.29. The Kier molecular flexibility index (Phi) is 6.90. The molecule has 1 atom stereocenters. The first-order valence-electron chi connectivity index (χ1n) is 11.9. The second-order valence-electron chi connectivity index (χ2n) is 9.93. The number of nitrogens with zero attached hydrogens (tertiary/aromatic N) is 5. The number of nitrogens with one attached hydrogen (secondary N) is 2. The van der Waals surface area contributed by atoms with Gasteiger partial charge in [-0.15, -0.1) is 0 Å². The predicted molar refractivity (Wildman–Crippen MR) is 127 cm³/mol. The van der Waals surface area contributed by atoms with E-state index in [2.05, 4.69) is 38.7 Å². The van der Waals surface area contributed by atoms with Crippen molar-refractivity contribution in [3.05, 3.63) is 12.2 Å². The molecule has 10 nitrogen and oxygen atoms in total. The van der Waals surface area contributed by atoms with E-state index in [0.717, 1.165) is 35.1 Å². The summed E-state index contributed by atoms with van der Waals surface area (Å²) in [6, 6.07) is 0.178. The Labute approximate surface area is 195 Å². The SMILES string of the molecule is CC1CCC(Cn2cnc3nc(C(=O)NS(=O)(=O)N(C)C)nc(NC(C)C4CCC4)c32)CC1. The van der Waals surface area contributed by atoms with E-state index in [0.29, 0.717) is 23.3 Å². The van der Waals surface area contributed by atoms with Crippen molar-refractivity contribution in [2.24, 2.45) is 17.8 Å². The van der Waals surface area contributed by atoms with E-state index in [4.69, 9.17) is 0 Å². The van der Waals surface area contributed by atoms with Crippen LogP contribution in [-0.4, -0.2) is 58.3 Å². The van der Waals surface area contributed by atoms with Crippen LogP contribution in [0.25, 0.3) is 11.2 Å². The molecule has 33 heavy (non-hydrogen) atoms. The number of carbonyl (C=O) groups excluding carboxylic acids is 1. The summed E-state index contributed by atoms with van der Waals surface area (Å²) in [6.45, 7) is 5.26. The number of anilines is 1. The summed E-state index contributed by atoms with van der Waals surface area (Å²) in [5.74, 6) is 1.35. The zero-order valence-electron chi connectivity index (χ0n) is 19.9. The fourth-order valence-corrected chi connectivity index (χ4v) is 5.15. The normalized spacial score (nSPS) is 22.8. The van der Waals surface area contributed by atoms with E-state index >= 15 is 0 Å². The Balaban J connectivity index is 1.66. The molecule has 2 aromatic heterocycles. The van der Waals surface area contributed by atoms with Crippen LogP contribution < -0.4 is 10.0 Å². The summed E-state index contributed by atoms with van der Waals surface area (Å²) >= 11 is 0. The molecule has 2 saturated carbocycles. The summed E-state index contributed by atoms with van der Waals surface area (Å²) in [6.07, 6.45) is 10.2. The number of hydrogen-bond donors (Lipinski definition) is 2. The van der Waals surface area contributed by atoms with Crippen LogP contribution in [0, 0.1) is 17.8 Å². The Bertz CT molecular complexity index is 1100. The van der Waals surface area contributed by atoms with Crippen molar-refractivity contribution >= 4 is 33.1 Å². The highest BCUT2D eigenvalue weighted by Gasteiger charge is 2.28. The molecule has 0 aliphatic heterocycles. The first-order chi connectivity index (χ1) is 15.6. The predicted octanol–water partition coefficient (Wildman–Crippen LogP) is 2.79. The zero-order chi connectivity index (χ0) is 23.8. The van der Waals surface area contributed by atoms with Gasteiger partial charge >= 0.3 is 16.1 Å². The van der Waals surface area contributed by atoms with Crippen LogP contribution in [0.5, 0.6) is 0 Å². The lowest BCUT2D eigenvalue weighted by Crippen LogP contribution is -2.40. The van der Waals surface area contributed by atoms with Crippen molar-refractivity contribution in [2.45, 2.75) is 71.4 Å². The largest absolute Gasteiger partial charge is 0.365 e. The van der Waals surface area contributed by atoms with E-state index in [1.807, 2.05) is 4.72 Å². The molecule has 2 N–H and O–H groups in total. The fourth-order valence-electron chi connectivity index (χ4n) is 4.64. The Morgan fingerprint density at radius 1 is 1.18 bits per heavy atom. The average molecular weight is 478 g/mol. The van der Waals surface area contributed by atoms with Crippen LogP contribution in [0.15, 0.2) is 6.33 Å². The van der Waals surface area contributed by atoms with Crippen molar-refractivity contribution in [1.82, 2.24) is 28.5 Å². The standard InChI is InChI=1S/C22H35N7O3S/c1-14-8-10-16(11-9-14)12-29-13-23-19-18(29)20(24-15(2)17-6-5-7-17)26-21(25-19)22(30)27-33(31,32)28(3)4/h13-17H,5-12H2,1-4H3,(H,27,30)(H,24,25,26). The fraction of sp³-hybridized carbons (Fsp3) is 0.727. The Morgan fingerprint density at radius 2 is 1.88 bits per heavy atom. The Morgan fingerprint density at radius 3 is 2.48 bits per heavy atom. The van der Waals surface area contributed by atoms with Crippen molar-refractivity contribution in [3.63, 3.8) is 0 Å². The number of hydrogen-bond acceptors (Lipinski definition) is 7. The second-order valence-corrected chi connectivity index (χ2v) is 11.8. The molecule has 2 heterocycles. The van der Waals surface area contributed by atoms with Crippen LogP contribution in [0.3, 0.4) is 0 Å². The molecule has 0 bridgehead atoms. The maximum Gasteiger partial charge on any atom is 0.303 e. The third-order valence-corrected chi connectivity index (χ3v) is 8.59. The van der Waals surface area contributed by atoms with E-state index < -0.39 is 16.1 Å². The quantitative estimate of drug-likeness (QED) is 0.599. The molecular formula is C22H35N7O3S. The molecule has 4 rings (SSSR count). The van der Waals surface area contributed by atoms with Gasteiger partial charge in [-0.05, 0) is 50.4 Å². The van der Waals surface area contributed by atoms with Gasteiger partial charge in [0, 0.05) is 26.7 Å². The van der Waals surface area contributed by atoms with E-state index in [9.17, 15) is 13.2 Å². The summed E-state index contributed by atoms with van der Waals surface area (Å²) in [5, 5.41) is 3.49. The molecule has 2 aromatic rings. The van der Waals surface area contributed by atoms with Gasteiger partial charge in [-0.25, -0.2) is 19.7 Å². The van der Waals surface area contributed by atoms with Crippen LogP contribution in [0.2, 0.25) is 0 Å². The van der Waals surface area contributed by atoms with Crippen molar-refractivity contribution < 1.29 is 13.2 Å². The van der Waals surface area contributed by atoms with E-state index in [1.165, 1.54) is 46.2 Å². The molecule has 0 saturated heterocycles.